The minimum absolute atomic E-state index is 0.00735. The maximum atomic E-state index is 14.4. The molecule has 2 N–H and O–H groups in total. The van der Waals surface area contributed by atoms with Crippen LogP contribution in [0.5, 0.6) is 0 Å². The fraction of sp³-hybridized carbons (Fsp3) is 0.353. The largest absolute Gasteiger partial charge is 0.368 e. The first kappa shape index (κ1) is 20.7. The molecule has 5 nitrogen and oxygen atoms in total. The monoisotopic (exact) mass is 494 g/mol. The van der Waals surface area contributed by atoms with E-state index in [0.717, 1.165) is 28.5 Å². The molecule has 1 saturated carbocycles. The Balaban J connectivity index is 2.03. The Morgan fingerprint density at radius 3 is 2.59 bits per heavy atom. The number of amides is 1. The zero-order chi connectivity index (χ0) is 19.8. The van der Waals surface area contributed by atoms with Gasteiger partial charge >= 0.3 is 0 Å². The zero-order valence-corrected chi connectivity index (χ0v) is 18.0. The van der Waals surface area contributed by atoms with E-state index in [1.54, 1.807) is 6.07 Å². The highest BCUT2D eigenvalue weighted by Gasteiger charge is 2.39. The molecule has 1 aromatic heterocycles. The normalized spacial score (nSPS) is 15.9. The van der Waals surface area contributed by atoms with Crippen molar-refractivity contribution >= 4 is 54.8 Å². The molecule has 1 aliphatic carbocycles. The number of hydrogen-bond donors (Lipinski definition) is 1. The first-order valence-electron chi connectivity index (χ1n) is 8.19. The third kappa shape index (κ3) is 4.89. The summed E-state index contributed by atoms with van der Waals surface area (Å²) < 4.78 is 42.6. The average molecular weight is 496 g/mol. The summed E-state index contributed by atoms with van der Waals surface area (Å²) >= 11 is 9.95. The Bertz CT molecular complexity index is 963. The van der Waals surface area contributed by atoms with Gasteiger partial charge in [-0.3, -0.25) is 4.79 Å². The first-order valence-corrected chi connectivity index (χ1v) is 11.6. The molecule has 0 bridgehead atoms. The van der Waals surface area contributed by atoms with Crippen LogP contribution in [0.25, 0.3) is 0 Å². The van der Waals surface area contributed by atoms with Crippen LogP contribution in [0.1, 0.15) is 24.8 Å². The van der Waals surface area contributed by atoms with Crippen molar-refractivity contribution in [3.05, 3.63) is 50.5 Å². The summed E-state index contributed by atoms with van der Waals surface area (Å²) in [5.74, 6) is -1.06. The van der Waals surface area contributed by atoms with Gasteiger partial charge in [0.15, 0.2) is 0 Å². The fourth-order valence-corrected chi connectivity index (χ4v) is 6.31. The highest BCUT2D eigenvalue weighted by atomic mass is 79.9. The Hall–Kier alpha value is -1.000. The maximum Gasteiger partial charge on any atom is 0.253 e. The summed E-state index contributed by atoms with van der Waals surface area (Å²) in [6, 6.07) is 6.15. The van der Waals surface area contributed by atoms with Gasteiger partial charge in [-0.1, -0.05) is 46.4 Å². The van der Waals surface area contributed by atoms with Gasteiger partial charge in [-0.2, -0.15) is 4.31 Å². The summed E-state index contributed by atoms with van der Waals surface area (Å²) in [5, 5.41) is 0. The molecule has 0 radical (unpaired) electrons. The van der Waals surface area contributed by atoms with Crippen LogP contribution >= 0.6 is 38.9 Å². The average Bonchev–Trinajstić information content (AvgIpc) is 3.30. The molecule has 146 valence electrons. The number of benzene rings is 1. The van der Waals surface area contributed by atoms with Crippen molar-refractivity contribution in [3.8, 4) is 0 Å². The number of nitrogens with two attached hydrogens (primary N) is 1. The number of carbonyl (C=O) groups excluding carboxylic acids is 1. The second kappa shape index (κ2) is 8.16. The molecule has 1 atom stereocenters. The van der Waals surface area contributed by atoms with Crippen LogP contribution < -0.4 is 5.73 Å². The van der Waals surface area contributed by atoms with Gasteiger partial charge in [-0.15, -0.1) is 11.3 Å². The number of carbonyl (C=O) groups is 1. The van der Waals surface area contributed by atoms with Crippen LogP contribution in [0, 0.1) is 11.7 Å². The van der Waals surface area contributed by atoms with Gasteiger partial charge in [0.1, 0.15) is 16.1 Å². The lowest BCUT2D eigenvalue weighted by Gasteiger charge is -2.28. The van der Waals surface area contributed by atoms with Gasteiger partial charge in [0.05, 0.1) is 4.34 Å². The molecule has 0 saturated heterocycles. The fourth-order valence-electron chi connectivity index (χ4n) is 2.78. The van der Waals surface area contributed by atoms with Crippen LogP contribution in [0.2, 0.25) is 4.34 Å². The molecule has 1 heterocycles. The summed E-state index contributed by atoms with van der Waals surface area (Å²) in [5.41, 5.74) is 5.70. The maximum absolute atomic E-state index is 14.4. The standard InChI is InChI=1S/C17H17BrClFN2O3S2/c18-12-4-3-11(13(20)8-12)9-22(14(17(21)23)7-10-1-2-10)27(24,25)16-6-5-15(19)26-16/h3-6,8,10,14H,1-2,7,9H2,(H2,21,23). The van der Waals surface area contributed by atoms with E-state index in [9.17, 15) is 17.6 Å². The van der Waals surface area contributed by atoms with Gasteiger partial charge in [-0.25, -0.2) is 12.8 Å². The number of primary amides is 1. The van der Waals surface area contributed by atoms with Crippen molar-refractivity contribution in [1.82, 2.24) is 4.31 Å². The third-order valence-electron chi connectivity index (χ3n) is 4.38. The van der Waals surface area contributed by atoms with Gasteiger partial charge in [0.25, 0.3) is 10.0 Å². The molecular formula is C17H17BrClFN2O3S2. The summed E-state index contributed by atoms with van der Waals surface area (Å²) in [6.45, 7) is -0.294. The Morgan fingerprint density at radius 1 is 1.37 bits per heavy atom. The molecule has 0 spiro atoms. The van der Waals surface area contributed by atoms with E-state index < -0.39 is 27.8 Å². The topological polar surface area (TPSA) is 80.5 Å². The number of hydrogen-bond acceptors (Lipinski definition) is 4. The summed E-state index contributed by atoms with van der Waals surface area (Å²) in [6.07, 6.45) is 2.18. The lowest BCUT2D eigenvalue weighted by Crippen LogP contribution is -2.47. The number of rotatable bonds is 8. The predicted molar refractivity (Wildman–Crippen MR) is 106 cm³/mol. The zero-order valence-electron chi connectivity index (χ0n) is 14.1. The highest BCUT2D eigenvalue weighted by Crippen LogP contribution is 2.37. The van der Waals surface area contributed by atoms with E-state index in [1.165, 1.54) is 24.3 Å². The van der Waals surface area contributed by atoms with Crippen LogP contribution in [0.3, 0.4) is 0 Å². The van der Waals surface area contributed by atoms with Crippen LogP contribution in [0.4, 0.5) is 4.39 Å². The predicted octanol–water partition coefficient (Wildman–Crippen LogP) is 4.15. The second-order valence-electron chi connectivity index (χ2n) is 6.44. The van der Waals surface area contributed by atoms with Crippen molar-refractivity contribution in [2.24, 2.45) is 11.7 Å². The van der Waals surface area contributed by atoms with E-state index in [2.05, 4.69) is 15.9 Å². The van der Waals surface area contributed by atoms with E-state index in [0.29, 0.717) is 15.2 Å². The summed E-state index contributed by atoms with van der Waals surface area (Å²) in [7, 11) is -4.08. The number of nitrogens with zero attached hydrogens (tertiary/aromatic N) is 1. The molecule has 10 heteroatoms. The third-order valence-corrected chi connectivity index (χ3v) is 8.43. The van der Waals surface area contributed by atoms with E-state index in [4.69, 9.17) is 17.3 Å². The van der Waals surface area contributed by atoms with Gasteiger partial charge in [0, 0.05) is 16.6 Å². The quantitative estimate of drug-likeness (QED) is 0.597. The van der Waals surface area contributed by atoms with E-state index >= 15 is 0 Å². The molecular weight excluding hydrogens is 479 g/mol. The van der Waals surface area contributed by atoms with E-state index in [1.807, 2.05) is 0 Å². The van der Waals surface area contributed by atoms with Gasteiger partial charge in [-0.05, 0) is 36.6 Å². The molecule has 1 aliphatic rings. The first-order chi connectivity index (χ1) is 12.7. The van der Waals surface area contributed by atoms with Crippen molar-refractivity contribution < 1.29 is 17.6 Å². The van der Waals surface area contributed by atoms with Gasteiger partial charge in [0.2, 0.25) is 5.91 Å². The molecule has 1 fully saturated rings. The second-order valence-corrected chi connectivity index (χ2v) is 11.2. The molecule has 1 unspecified atom stereocenters. The lowest BCUT2D eigenvalue weighted by atomic mass is 10.1. The van der Waals surface area contributed by atoms with Crippen LogP contribution in [-0.2, 0) is 21.4 Å². The summed E-state index contributed by atoms with van der Waals surface area (Å²) in [4.78, 5) is 12.1. The van der Waals surface area contributed by atoms with E-state index in [-0.39, 0.29) is 22.2 Å². The Kier molecular flexibility index (Phi) is 6.27. The SMILES string of the molecule is NC(=O)C(CC1CC1)N(Cc1ccc(Br)cc1F)S(=O)(=O)c1ccc(Cl)s1. The van der Waals surface area contributed by atoms with Gasteiger partial charge < -0.3 is 5.73 Å². The smallest absolute Gasteiger partial charge is 0.253 e. The highest BCUT2D eigenvalue weighted by molar-refractivity contribution is 9.10. The van der Waals surface area contributed by atoms with Crippen molar-refractivity contribution in [3.63, 3.8) is 0 Å². The van der Waals surface area contributed by atoms with Crippen molar-refractivity contribution in [2.75, 3.05) is 0 Å². The molecule has 1 aromatic carbocycles. The van der Waals surface area contributed by atoms with Crippen LogP contribution in [0.15, 0.2) is 39.0 Å². The molecule has 1 amide bonds. The number of sulfonamides is 1. The molecule has 2 aromatic rings. The van der Waals surface area contributed by atoms with Crippen molar-refractivity contribution in [2.45, 2.75) is 36.1 Å². The lowest BCUT2D eigenvalue weighted by molar-refractivity contribution is -0.122. The molecule has 3 rings (SSSR count). The number of thiophene rings is 1. The minimum atomic E-state index is -4.08. The van der Waals surface area contributed by atoms with Crippen molar-refractivity contribution in [1.29, 1.82) is 0 Å². The molecule has 0 aliphatic heterocycles. The Morgan fingerprint density at radius 2 is 2.07 bits per heavy atom. The number of halogens is 3. The minimum Gasteiger partial charge on any atom is -0.368 e. The molecule has 27 heavy (non-hydrogen) atoms. The Labute approximate surface area is 174 Å². The van der Waals surface area contributed by atoms with Crippen LogP contribution in [-0.4, -0.2) is 24.7 Å².